The van der Waals surface area contributed by atoms with Crippen LogP contribution in [0.3, 0.4) is 0 Å². The molecule has 17 heavy (non-hydrogen) atoms. The van der Waals surface area contributed by atoms with Crippen molar-refractivity contribution in [3.8, 4) is 10.6 Å². The molecular weight excluding hydrogens is 235 g/mol. The van der Waals surface area contributed by atoms with Gasteiger partial charge in [-0.15, -0.1) is 11.3 Å². The number of aromatic nitrogens is 1. The highest BCUT2D eigenvalue weighted by atomic mass is 32.1. The second-order valence-corrected chi connectivity index (χ2v) is 4.42. The zero-order chi connectivity index (χ0) is 12.1. The quantitative estimate of drug-likeness (QED) is 0.901. The molecule has 1 heterocycles. The Bertz CT molecular complexity index is 502. The number of benzene rings is 1. The maximum atomic E-state index is 12.8. The number of nitrogens with two attached hydrogens (primary N) is 1. The van der Waals surface area contributed by atoms with Gasteiger partial charge in [-0.2, -0.15) is 0 Å². The Morgan fingerprint density at radius 1 is 1.29 bits per heavy atom. The van der Waals surface area contributed by atoms with Gasteiger partial charge < -0.3 is 5.73 Å². The van der Waals surface area contributed by atoms with E-state index in [0.29, 0.717) is 6.54 Å². The molecule has 0 aliphatic carbocycles. The Labute approximate surface area is 104 Å². The topological polar surface area (TPSA) is 38.9 Å². The number of halogens is 1. The molecule has 0 radical (unpaired) electrons. The van der Waals surface area contributed by atoms with Gasteiger partial charge >= 0.3 is 0 Å². The summed E-state index contributed by atoms with van der Waals surface area (Å²) in [5.74, 6) is -0.228. The van der Waals surface area contributed by atoms with Gasteiger partial charge in [-0.1, -0.05) is 6.08 Å². The van der Waals surface area contributed by atoms with Gasteiger partial charge in [0.1, 0.15) is 10.8 Å². The summed E-state index contributed by atoms with van der Waals surface area (Å²) in [6.45, 7) is 0.644. The summed E-state index contributed by atoms with van der Waals surface area (Å²) in [4.78, 5) is 4.45. The Kier molecular flexibility index (Phi) is 4.01. The van der Waals surface area contributed by atoms with Crippen LogP contribution in [0, 0.1) is 5.82 Å². The summed E-state index contributed by atoms with van der Waals surface area (Å²) < 4.78 is 12.8. The highest BCUT2D eigenvalue weighted by Crippen LogP contribution is 2.24. The first kappa shape index (κ1) is 12.0. The first-order valence-corrected chi connectivity index (χ1v) is 6.25. The molecule has 2 N–H and O–H groups in total. The SMILES string of the molecule is NCCC=Cc1csc(-c2ccc(F)cc2)n1. The van der Waals surface area contributed by atoms with Gasteiger partial charge in [0.2, 0.25) is 0 Å². The van der Waals surface area contributed by atoms with Gasteiger partial charge in [0.15, 0.2) is 0 Å². The molecule has 0 amide bonds. The lowest BCUT2D eigenvalue weighted by molar-refractivity contribution is 0.628. The summed E-state index contributed by atoms with van der Waals surface area (Å²) in [5.41, 5.74) is 7.26. The van der Waals surface area contributed by atoms with E-state index in [1.165, 1.54) is 12.1 Å². The molecule has 88 valence electrons. The minimum atomic E-state index is -0.228. The summed E-state index contributed by atoms with van der Waals surface area (Å²) in [5, 5.41) is 2.88. The van der Waals surface area contributed by atoms with Crippen molar-refractivity contribution in [1.82, 2.24) is 4.98 Å². The van der Waals surface area contributed by atoms with Crippen LogP contribution in [0.15, 0.2) is 35.7 Å². The fourth-order valence-corrected chi connectivity index (χ4v) is 2.18. The Morgan fingerprint density at radius 3 is 2.76 bits per heavy atom. The van der Waals surface area contributed by atoms with Crippen LogP contribution in [0.2, 0.25) is 0 Å². The first-order chi connectivity index (χ1) is 8.29. The molecule has 0 aliphatic rings. The van der Waals surface area contributed by atoms with Crippen LogP contribution < -0.4 is 5.73 Å². The zero-order valence-electron chi connectivity index (χ0n) is 9.27. The van der Waals surface area contributed by atoms with E-state index in [0.717, 1.165) is 22.7 Å². The number of nitrogens with zero attached hydrogens (tertiary/aromatic N) is 1. The van der Waals surface area contributed by atoms with Gasteiger partial charge in [-0.3, -0.25) is 0 Å². The van der Waals surface area contributed by atoms with Gasteiger partial charge in [-0.05, 0) is 43.3 Å². The van der Waals surface area contributed by atoms with Crippen molar-refractivity contribution in [2.45, 2.75) is 6.42 Å². The average molecular weight is 248 g/mol. The third-order valence-corrected chi connectivity index (χ3v) is 3.14. The smallest absolute Gasteiger partial charge is 0.124 e. The van der Waals surface area contributed by atoms with Crippen molar-refractivity contribution >= 4 is 17.4 Å². The molecule has 0 spiro atoms. The van der Waals surface area contributed by atoms with Crippen LogP contribution in [-0.4, -0.2) is 11.5 Å². The third-order valence-electron chi connectivity index (χ3n) is 2.24. The maximum Gasteiger partial charge on any atom is 0.124 e. The lowest BCUT2D eigenvalue weighted by Crippen LogP contribution is -1.94. The molecule has 0 atom stereocenters. The molecule has 0 unspecified atom stereocenters. The van der Waals surface area contributed by atoms with Crippen molar-refractivity contribution in [2.24, 2.45) is 5.73 Å². The van der Waals surface area contributed by atoms with Crippen molar-refractivity contribution in [3.63, 3.8) is 0 Å². The van der Waals surface area contributed by atoms with Crippen LogP contribution in [0.25, 0.3) is 16.6 Å². The normalized spacial score (nSPS) is 11.2. The maximum absolute atomic E-state index is 12.8. The van der Waals surface area contributed by atoms with E-state index in [-0.39, 0.29) is 5.82 Å². The van der Waals surface area contributed by atoms with Crippen molar-refractivity contribution in [3.05, 3.63) is 47.2 Å². The molecule has 0 aliphatic heterocycles. The van der Waals surface area contributed by atoms with Crippen molar-refractivity contribution < 1.29 is 4.39 Å². The molecule has 2 rings (SSSR count). The Morgan fingerprint density at radius 2 is 2.06 bits per heavy atom. The van der Waals surface area contributed by atoms with Crippen LogP contribution in [0.5, 0.6) is 0 Å². The lowest BCUT2D eigenvalue weighted by Gasteiger charge is -1.94. The molecule has 4 heteroatoms. The van der Waals surface area contributed by atoms with E-state index in [2.05, 4.69) is 4.98 Å². The van der Waals surface area contributed by atoms with E-state index >= 15 is 0 Å². The van der Waals surface area contributed by atoms with Gasteiger partial charge in [0, 0.05) is 10.9 Å². The molecule has 1 aromatic heterocycles. The lowest BCUT2D eigenvalue weighted by atomic mass is 10.2. The number of hydrogen-bond acceptors (Lipinski definition) is 3. The standard InChI is InChI=1S/C13H13FN2S/c14-11-6-4-10(5-7-11)13-16-12(9-17-13)3-1-2-8-15/h1,3-7,9H,2,8,15H2. The van der Waals surface area contributed by atoms with Gasteiger partial charge in [0.05, 0.1) is 5.69 Å². The highest BCUT2D eigenvalue weighted by molar-refractivity contribution is 7.13. The Hall–Kier alpha value is -1.52. The second kappa shape index (κ2) is 5.70. The fourth-order valence-electron chi connectivity index (χ4n) is 1.39. The van der Waals surface area contributed by atoms with E-state index in [4.69, 9.17) is 5.73 Å². The van der Waals surface area contributed by atoms with E-state index in [1.54, 1.807) is 23.5 Å². The molecule has 2 nitrogen and oxygen atoms in total. The number of rotatable bonds is 4. The van der Waals surface area contributed by atoms with Crippen LogP contribution in [0.4, 0.5) is 4.39 Å². The summed E-state index contributed by atoms with van der Waals surface area (Å²) in [7, 11) is 0. The van der Waals surface area contributed by atoms with Gasteiger partial charge in [-0.25, -0.2) is 9.37 Å². The molecule has 0 saturated heterocycles. The molecule has 2 aromatic rings. The average Bonchev–Trinajstić information content (AvgIpc) is 2.79. The molecular formula is C13H13FN2S. The van der Waals surface area contributed by atoms with Gasteiger partial charge in [0.25, 0.3) is 0 Å². The molecule has 0 saturated carbocycles. The molecule has 1 aromatic carbocycles. The minimum absolute atomic E-state index is 0.228. The van der Waals surface area contributed by atoms with E-state index < -0.39 is 0 Å². The number of hydrogen-bond donors (Lipinski definition) is 1. The molecule has 0 bridgehead atoms. The second-order valence-electron chi connectivity index (χ2n) is 3.56. The number of thiazole rings is 1. The highest BCUT2D eigenvalue weighted by Gasteiger charge is 2.02. The van der Waals surface area contributed by atoms with E-state index in [1.807, 2.05) is 17.5 Å². The minimum Gasteiger partial charge on any atom is -0.330 e. The molecule has 0 fully saturated rings. The summed E-state index contributed by atoms with van der Waals surface area (Å²) in [6, 6.07) is 6.37. The Balaban J connectivity index is 2.15. The monoisotopic (exact) mass is 248 g/mol. The van der Waals surface area contributed by atoms with Crippen LogP contribution in [-0.2, 0) is 0 Å². The summed E-state index contributed by atoms with van der Waals surface area (Å²) in [6.07, 6.45) is 4.81. The van der Waals surface area contributed by atoms with Crippen molar-refractivity contribution in [2.75, 3.05) is 6.54 Å². The van der Waals surface area contributed by atoms with Crippen LogP contribution in [0.1, 0.15) is 12.1 Å². The fraction of sp³-hybridized carbons (Fsp3) is 0.154. The first-order valence-electron chi connectivity index (χ1n) is 5.37. The third kappa shape index (κ3) is 3.22. The predicted octanol–water partition coefficient (Wildman–Crippen LogP) is 3.31. The van der Waals surface area contributed by atoms with Crippen molar-refractivity contribution in [1.29, 1.82) is 0 Å². The van der Waals surface area contributed by atoms with E-state index in [9.17, 15) is 4.39 Å². The summed E-state index contributed by atoms with van der Waals surface area (Å²) >= 11 is 1.55. The largest absolute Gasteiger partial charge is 0.330 e. The van der Waals surface area contributed by atoms with Crippen LogP contribution >= 0.6 is 11.3 Å². The zero-order valence-corrected chi connectivity index (χ0v) is 10.1. The predicted molar refractivity (Wildman–Crippen MR) is 70.2 cm³/mol.